The summed E-state index contributed by atoms with van der Waals surface area (Å²) in [6.07, 6.45) is 5.77. The molecule has 3 aromatic heterocycles. The second kappa shape index (κ2) is 7.75. The van der Waals surface area contributed by atoms with Gasteiger partial charge < -0.3 is 14.4 Å². The molecule has 10 nitrogen and oxygen atoms in total. The summed E-state index contributed by atoms with van der Waals surface area (Å²) < 4.78 is 15.7. The van der Waals surface area contributed by atoms with Gasteiger partial charge in [0.15, 0.2) is 6.10 Å². The summed E-state index contributed by atoms with van der Waals surface area (Å²) in [5, 5.41) is 17.5. The van der Waals surface area contributed by atoms with E-state index in [1.807, 2.05) is 45.3 Å². The van der Waals surface area contributed by atoms with E-state index in [9.17, 15) is 4.79 Å². The Bertz CT molecular complexity index is 1440. The number of aromatic amines is 1. The lowest BCUT2D eigenvalue weighted by Gasteiger charge is -2.18. The molecule has 5 heterocycles. The van der Waals surface area contributed by atoms with Crippen molar-refractivity contribution in [2.24, 2.45) is 14.1 Å². The van der Waals surface area contributed by atoms with E-state index < -0.39 is 6.10 Å². The Morgan fingerprint density at radius 3 is 2.88 bits per heavy atom. The van der Waals surface area contributed by atoms with Gasteiger partial charge in [-0.1, -0.05) is 6.07 Å². The van der Waals surface area contributed by atoms with E-state index >= 15 is 0 Å². The average molecular weight is 460 g/mol. The van der Waals surface area contributed by atoms with Gasteiger partial charge in [-0.2, -0.15) is 15.3 Å². The number of amides is 1. The predicted octanol–water partition coefficient (Wildman–Crippen LogP) is 2.55. The number of nitrogens with zero attached hydrogens (tertiary/aromatic N) is 6. The molecule has 174 valence electrons. The fraction of sp³-hybridized carbons (Fsp3) is 0.333. The first-order valence-electron chi connectivity index (χ1n) is 11.3. The lowest BCUT2D eigenvalue weighted by molar-refractivity contribution is -0.133. The van der Waals surface area contributed by atoms with E-state index in [0.29, 0.717) is 37.9 Å². The summed E-state index contributed by atoms with van der Waals surface area (Å²) in [7, 11) is 3.68. The fourth-order valence-electron chi connectivity index (χ4n) is 4.70. The second-order valence-corrected chi connectivity index (χ2v) is 8.69. The molecule has 34 heavy (non-hydrogen) atoms. The van der Waals surface area contributed by atoms with Crippen molar-refractivity contribution in [2.75, 3.05) is 19.7 Å². The van der Waals surface area contributed by atoms with E-state index in [0.717, 1.165) is 39.0 Å². The van der Waals surface area contributed by atoms with Crippen molar-refractivity contribution in [3.8, 4) is 22.9 Å². The number of hydrogen-bond acceptors (Lipinski definition) is 6. The Labute approximate surface area is 195 Å². The molecule has 0 radical (unpaired) electrons. The van der Waals surface area contributed by atoms with E-state index in [1.165, 1.54) is 0 Å². The summed E-state index contributed by atoms with van der Waals surface area (Å²) in [5.41, 5.74) is 5.26. The summed E-state index contributed by atoms with van der Waals surface area (Å²) in [6, 6.07) is 6.12. The van der Waals surface area contributed by atoms with Crippen LogP contribution in [0.15, 0.2) is 24.4 Å². The normalized spacial score (nSPS) is 19.0. The zero-order chi connectivity index (χ0) is 23.4. The number of aromatic nitrogens is 6. The smallest absolute Gasteiger partial charge is 0.263 e. The third-order valence-electron chi connectivity index (χ3n) is 6.51. The van der Waals surface area contributed by atoms with Gasteiger partial charge in [-0.05, 0) is 36.8 Å². The maximum Gasteiger partial charge on any atom is 0.263 e. The van der Waals surface area contributed by atoms with Crippen LogP contribution in [0.2, 0.25) is 0 Å². The number of nitrogens with one attached hydrogen (secondary N) is 1. The minimum Gasteiger partial charge on any atom is -0.476 e. The molecule has 0 unspecified atom stereocenters. The topological polar surface area (TPSA) is 103 Å². The van der Waals surface area contributed by atoms with Gasteiger partial charge in [0.1, 0.15) is 6.61 Å². The highest BCUT2D eigenvalue weighted by atomic mass is 16.5. The third-order valence-corrected chi connectivity index (χ3v) is 6.51. The molecule has 0 aliphatic carbocycles. The van der Waals surface area contributed by atoms with Crippen LogP contribution in [0.5, 0.6) is 11.8 Å². The van der Waals surface area contributed by atoms with Gasteiger partial charge in [0, 0.05) is 32.4 Å². The minimum atomic E-state index is -0.544. The Kier molecular flexibility index (Phi) is 4.68. The number of carbonyl (C=O) groups is 1. The highest BCUT2D eigenvalue weighted by Crippen LogP contribution is 2.33. The van der Waals surface area contributed by atoms with Crippen LogP contribution < -0.4 is 9.47 Å². The standard InChI is InChI=1S/C24H25N7O3/c1-14-16-5-7-20-17-12-15(4-6-19(17)26-27-20)18-13-25-29(2)23(18)33-11-10-31-9-8-21(22(31)32)34-24(16)30(3)28-14/h4-7,12-13,21H,8-11H2,1-3H3,(H,26,27)/b7-5+/t21-/m1/s1. The van der Waals surface area contributed by atoms with Gasteiger partial charge in [-0.15, -0.1) is 0 Å². The van der Waals surface area contributed by atoms with Crippen molar-refractivity contribution in [1.82, 2.24) is 34.7 Å². The van der Waals surface area contributed by atoms with Gasteiger partial charge in [0.2, 0.25) is 11.8 Å². The summed E-state index contributed by atoms with van der Waals surface area (Å²) >= 11 is 0. The van der Waals surface area contributed by atoms with Gasteiger partial charge in [0.25, 0.3) is 5.91 Å². The van der Waals surface area contributed by atoms with Crippen molar-refractivity contribution in [2.45, 2.75) is 19.4 Å². The predicted molar refractivity (Wildman–Crippen MR) is 126 cm³/mol. The van der Waals surface area contributed by atoms with E-state index in [4.69, 9.17) is 9.47 Å². The first kappa shape index (κ1) is 20.5. The molecule has 1 aromatic carbocycles. The summed E-state index contributed by atoms with van der Waals surface area (Å²) in [4.78, 5) is 14.8. The van der Waals surface area contributed by atoms with Crippen LogP contribution in [-0.2, 0) is 18.9 Å². The maximum absolute atomic E-state index is 13.0. The van der Waals surface area contributed by atoms with Crippen molar-refractivity contribution >= 4 is 29.0 Å². The van der Waals surface area contributed by atoms with Crippen molar-refractivity contribution in [1.29, 1.82) is 0 Å². The molecule has 1 fully saturated rings. The number of hydrogen-bond donors (Lipinski definition) is 1. The number of benzene rings is 1. The van der Waals surface area contributed by atoms with Gasteiger partial charge in [0.05, 0.1) is 40.8 Å². The van der Waals surface area contributed by atoms with Crippen LogP contribution in [0.4, 0.5) is 0 Å². The molecular weight excluding hydrogens is 434 g/mol. The van der Waals surface area contributed by atoms with Crippen molar-refractivity contribution in [3.63, 3.8) is 0 Å². The first-order valence-corrected chi connectivity index (χ1v) is 11.3. The first-order chi connectivity index (χ1) is 16.5. The van der Waals surface area contributed by atoms with Crippen LogP contribution in [0, 0.1) is 6.92 Å². The number of H-pyrrole nitrogens is 1. The third kappa shape index (κ3) is 3.25. The lowest BCUT2D eigenvalue weighted by atomic mass is 10.1. The molecule has 4 aromatic rings. The molecule has 0 saturated carbocycles. The molecule has 2 aliphatic rings. The van der Waals surface area contributed by atoms with Crippen LogP contribution in [-0.4, -0.2) is 66.4 Å². The lowest BCUT2D eigenvalue weighted by Crippen LogP contribution is -2.35. The van der Waals surface area contributed by atoms with E-state index in [-0.39, 0.29) is 5.91 Å². The molecule has 6 rings (SSSR count). The van der Waals surface area contributed by atoms with Crippen LogP contribution >= 0.6 is 0 Å². The average Bonchev–Trinajstić information content (AvgIpc) is 3.55. The molecule has 4 bridgehead atoms. The Morgan fingerprint density at radius 2 is 2.00 bits per heavy atom. The molecule has 1 saturated heterocycles. The molecule has 10 heteroatoms. The highest BCUT2D eigenvalue weighted by Gasteiger charge is 2.34. The highest BCUT2D eigenvalue weighted by molar-refractivity contribution is 5.93. The number of ether oxygens (including phenoxy) is 2. The molecule has 1 amide bonds. The summed E-state index contributed by atoms with van der Waals surface area (Å²) in [6.45, 7) is 3.40. The minimum absolute atomic E-state index is 0.0346. The second-order valence-electron chi connectivity index (χ2n) is 8.69. The molecule has 1 N–H and O–H groups in total. The largest absolute Gasteiger partial charge is 0.476 e. The van der Waals surface area contributed by atoms with Crippen molar-refractivity contribution in [3.05, 3.63) is 41.3 Å². The number of aryl methyl sites for hydroxylation is 3. The zero-order valence-corrected chi connectivity index (χ0v) is 19.3. The van der Waals surface area contributed by atoms with E-state index in [2.05, 4.69) is 26.5 Å². The zero-order valence-electron chi connectivity index (χ0n) is 19.3. The van der Waals surface area contributed by atoms with E-state index in [1.54, 1.807) is 20.5 Å². The van der Waals surface area contributed by atoms with Crippen LogP contribution in [0.25, 0.3) is 34.2 Å². The van der Waals surface area contributed by atoms with Gasteiger partial charge in [-0.3, -0.25) is 9.89 Å². The Hall–Kier alpha value is -4.08. The maximum atomic E-state index is 13.0. The number of rotatable bonds is 0. The van der Waals surface area contributed by atoms with Gasteiger partial charge >= 0.3 is 0 Å². The Balaban J connectivity index is 1.50. The van der Waals surface area contributed by atoms with Gasteiger partial charge in [-0.25, -0.2) is 9.36 Å². The molecule has 1 atom stereocenters. The number of carbonyl (C=O) groups excluding carboxylic acids is 1. The van der Waals surface area contributed by atoms with Crippen LogP contribution in [0.3, 0.4) is 0 Å². The molecule has 0 spiro atoms. The summed E-state index contributed by atoms with van der Waals surface area (Å²) in [5.74, 6) is 1.21. The number of fused-ring (bicyclic) bond motifs is 6. The quantitative estimate of drug-likeness (QED) is 0.434. The fourth-order valence-corrected chi connectivity index (χ4v) is 4.70. The Morgan fingerprint density at radius 1 is 1.12 bits per heavy atom. The van der Waals surface area contributed by atoms with Crippen LogP contribution in [0.1, 0.15) is 23.4 Å². The molecular formula is C24H25N7O3. The molecule has 2 aliphatic heterocycles. The monoisotopic (exact) mass is 459 g/mol. The van der Waals surface area contributed by atoms with Crippen molar-refractivity contribution < 1.29 is 14.3 Å². The SMILES string of the molecule is Cc1nn(C)c2c1/C=C/c1n[nH]c3ccc(cc13)-c1cnn(C)c1OCCN1CC[C@@H](O2)C1=O.